The predicted octanol–water partition coefficient (Wildman–Crippen LogP) is 4.20. The average Bonchev–Trinajstić information content (AvgIpc) is 2.79. The largest absolute Gasteiger partial charge is 0.476 e. The van der Waals surface area contributed by atoms with Crippen LogP contribution in [0.25, 0.3) is 0 Å². The number of para-hydroxylation sites is 2. The zero-order chi connectivity index (χ0) is 21.1. The molecule has 0 aromatic heterocycles. The molecule has 2 aromatic carbocycles. The molecule has 2 amide bonds. The maximum atomic E-state index is 13.2. The van der Waals surface area contributed by atoms with Gasteiger partial charge < -0.3 is 14.5 Å². The summed E-state index contributed by atoms with van der Waals surface area (Å²) in [4.78, 5) is 30.9. The molecule has 0 unspecified atom stereocenters. The number of hydrogen-bond donors (Lipinski definition) is 0. The fourth-order valence-corrected chi connectivity index (χ4v) is 4.81. The van der Waals surface area contributed by atoms with Crippen LogP contribution in [0.5, 0.6) is 5.75 Å². The summed E-state index contributed by atoms with van der Waals surface area (Å²) in [5.41, 5.74) is 3.20. The van der Waals surface area contributed by atoms with E-state index >= 15 is 0 Å². The topological polar surface area (TPSA) is 49.9 Å². The van der Waals surface area contributed by atoms with Crippen molar-refractivity contribution in [1.29, 1.82) is 0 Å². The Labute approximate surface area is 182 Å². The van der Waals surface area contributed by atoms with Gasteiger partial charge in [0.05, 0.1) is 18.0 Å². The molecule has 2 aliphatic rings. The number of likely N-dealkylation sites (tertiary alicyclic amines) is 1. The van der Waals surface area contributed by atoms with E-state index < -0.39 is 6.10 Å². The second kappa shape index (κ2) is 9.13. The van der Waals surface area contributed by atoms with Crippen LogP contribution in [0.4, 0.5) is 5.69 Å². The summed E-state index contributed by atoms with van der Waals surface area (Å²) in [6, 6.07) is 13.7. The van der Waals surface area contributed by atoms with Crippen molar-refractivity contribution in [2.45, 2.75) is 44.1 Å². The maximum absolute atomic E-state index is 13.2. The number of anilines is 1. The molecular formula is C24H28N2O3S. The Morgan fingerprint density at radius 2 is 1.80 bits per heavy atom. The van der Waals surface area contributed by atoms with Gasteiger partial charge in [0.15, 0.2) is 6.10 Å². The quantitative estimate of drug-likeness (QED) is 0.690. The normalized spacial score (nSPS) is 18.5. The Bertz CT molecular complexity index is 940. The van der Waals surface area contributed by atoms with Gasteiger partial charge in [0.25, 0.3) is 5.91 Å². The summed E-state index contributed by atoms with van der Waals surface area (Å²) in [5, 5.41) is 0. The van der Waals surface area contributed by atoms with E-state index in [9.17, 15) is 9.59 Å². The monoisotopic (exact) mass is 424 g/mol. The zero-order valence-electron chi connectivity index (χ0n) is 17.6. The van der Waals surface area contributed by atoms with Gasteiger partial charge in [-0.3, -0.25) is 9.59 Å². The minimum atomic E-state index is -0.645. The number of nitrogens with zero attached hydrogens (tertiary/aromatic N) is 2. The first-order chi connectivity index (χ1) is 14.5. The lowest BCUT2D eigenvalue weighted by atomic mass is 10.1. The number of fused-ring (bicyclic) bond motifs is 1. The van der Waals surface area contributed by atoms with Crippen molar-refractivity contribution in [1.82, 2.24) is 4.90 Å². The number of rotatable bonds is 4. The van der Waals surface area contributed by atoms with E-state index in [1.54, 1.807) is 4.90 Å². The van der Waals surface area contributed by atoms with Crippen molar-refractivity contribution in [2.24, 2.45) is 0 Å². The molecule has 158 valence electrons. The van der Waals surface area contributed by atoms with Gasteiger partial charge in [0.2, 0.25) is 5.91 Å². The zero-order valence-corrected chi connectivity index (χ0v) is 18.4. The molecule has 0 saturated carbocycles. The van der Waals surface area contributed by atoms with Gasteiger partial charge in [-0.15, -0.1) is 11.8 Å². The fraction of sp³-hybridized carbons (Fsp3) is 0.417. The Morgan fingerprint density at radius 1 is 1.03 bits per heavy atom. The van der Waals surface area contributed by atoms with E-state index in [0.29, 0.717) is 11.5 Å². The summed E-state index contributed by atoms with van der Waals surface area (Å²) in [6.45, 7) is 5.97. The number of hydrogen-bond acceptors (Lipinski definition) is 4. The van der Waals surface area contributed by atoms with Crippen LogP contribution in [-0.4, -0.2) is 48.2 Å². The van der Waals surface area contributed by atoms with Crippen molar-refractivity contribution in [3.05, 3.63) is 53.6 Å². The molecule has 0 N–H and O–H groups in total. The lowest BCUT2D eigenvalue weighted by Gasteiger charge is -2.37. The van der Waals surface area contributed by atoms with Crippen molar-refractivity contribution in [2.75, 3.05) is 30.3 Å². The Kier molecular flexibility index (Phi) is 6.32. The van der Waals surface area contributed by atoms with Gasteiger partial charge in [-0.05, 0) is 68.5 Å². The van der Waals surface area contributed by atoms with Crippen LogP contribution in [0.2, 0.25) is 0 Å². The highest BCUT2D eigenvalue weighted by Crippen LogP contribution is 2.34. The van der Waals surface area contributed by atoms with Crippen LogP contribution in [0, 0.1) is 13.8 Å². The molecule has 4 rings (SSSR count). The highest BCUT2D eigenvalue weighted by atomic mass is 32.2. The van der Waals surface area contributed by atoms with Gasteiger partial charge in [-0.25, -0.2) is 0 Å². The van der Waals surface area contributed by atoms with Gasteiger partial charge in [-0.1, -0.05) is 18.2 Å². The summed E-state index contributed by atoms with van der Waals surface area (Å²) in [7, 11) is 0. The Hall–Kier alpha value is -2.47. The van der Waals surface area contributed by atoms with Gasteiger partial charge >= 0.3 is 0 Å². The van der Waals surface area contributed by atoms with Crippen LogP contribution in [-0.2, 0) is 9.59 Å². The second-order valence-electron chi connectivity index (χ2n) is 8.00. The van der Waals surface area contributed by atoms with Gasteiger partial charge in [-0.2, -0.15) is 0 Å². The van der Waals surface area contributed by atoms with Crippen molar-refractivity contribution < 1.29 is 14.3 Å². The van der Waals surface area contributed by atoms with Crippen LogP contribution in [0.3, 0.4) is 0 Å². The number of ether oxygens (including phenoxy) is 1. The summed E-state index contributed by atoms with van der Waals surface area (Å²) in [5.74, 6) is 0.902. The fourth-order valence-electron chi connectivity index (χ4n) is 3.94. The molecule has 5 nitrogen and oxygen atoms in total. The van der Waals surface area contributed by atoms with Crippen LogP contribution >= 0.6 is 11.8 Å². The van der Waals surface area contributed by atoms with Crippen LogP contribution < -0.4 is 9.64 Å². The molecule has 2 heterocycles. The highest BCUT2D eigenvalue weighted by molar-refractivity contribution is 8.00. The molecule has 1 fully saturated rings. The van der Waals surface area contributed by atoms with E-state index in [1.807, 2.05) is 29.2 Å². The number of amides is 2. The first-order valence-corrected chi connectivity index (χ1v) is 11.6. The number of thioether (sulfide) groups is 1. The van der Waals surface area contributed by atoms with E-state index in [2.05, 4.69) is 32.0 Å². The maximum Gasteiger partial charge on any atom is 0.265 e. The Morgan fingerprint density at radius 3 is 2.57 bits per heavy atom. The third-order valence-electron chi connectivity index (χ3n) is 5.86. The number of carbonyl (C=O) groups is 2. The molecule has 0 spiro atoms. The molecule has 2 aromatic rings. The molecule has 1 atom stereocenters. The average molecular weight is 425 g/mol. The predicted molar refractivity (Wildman–Crippen MR) is 120 cm³/mol. The van der Waals surface area contributed by atoms with Crippen molar-refractivity contribution in [3.63, 3.8) is 0 Å². The smallest absolute Gasteiger partial charge is 0.265 e. The van der Waals surface area contributed by atoms with Gasteiger partial charge in [0, 0.05) is 18.0 Å². The van der Waals surface area contributed by atoms with E-state index in [-0.39, 0.29) is 18.4 Å². The Balaban J connectivity index is 1.49. The molecule has 1 saturated heterocycles. The molecular weight excluding hydrogens is 396 g/mol. The van der Waals surface area contributed by atoms with Crippen LogP contribution in [0.1, 0.15) is 30.4 Å². The van der Waals surface area contributed by atoms with Crippen LogP contribution in [0.15, 0.2) is 47.4 Å². The summed E-state index contributed by atoms with van der Waals surface area (Å²) >= 11 is 1.53. The minimum absolute atomic E-state index is 0.00887. The van der Waals surface area contributed by atoms with Crippen molar-refractivity contribution in [3.8, 4) is 5.75 Å². The first kappa shape index (κ1) is 20.8. The molecule has 0 radical (unpaired) electrons. The number of carbonyl (C=O) groups excluding carboxylic acids is 2. The molecule has 2 aliphatic heterocycles. The lowest BCUT2D eigenvalue weighted by Crippen LogP contribution is -2.53. The van der Waals surface area contributed by atoms with E-state index in [4.69, 9.17) is 4.74 Å². The molecule has 0 aliphatic carbocycles. The first-order valence-electron chi connectivity index (χ1n) is 10.6. The van der Waals surface area contributed by atoms with E-state index in [0.717, 1.165) is 36.5 Å². The molecule has 6 heteroatoms. The van der Waals surface area contributed by atoms with Crippen molar-refractivity contribution >= 4 is 29.3 Å². The number of piperidine rings is 1. The lowest BCUT2D eigenvalue weighted by molar-refractivity contribution is -0.139. The highest BCUT2D eigenvalue weighted by Gasteiger charge is 2.36. The third kappa shape index (κ3) is 4.48. The second-order valence-corrected chi connectivity index (χ2v) is 9.05. The van der Waals surface area contributed by atoms with Gasteiger partial charge in [0.1, 0.15) is 5.75 Å². The summed E-state index contributed by atoms with van der Waals surface area (Å²) in [6.07, 6.45) is 2.58. The number of aryl methyl sites for hydroxylation is 2. The minimum Gasteiger partial charge on any atom is -0.476 e. The van der Waals surface area contributed by atoms with E-state index in [1.165, 1.54) is 29.3 Å². The standard InChI is InChI=1S/C24H28N2O3S/c1-17-10-11-19(14-18(17)2)30-16-23(27)26-15-22(24(28)25-12-6-3-7-13-25)29-21-9-5-4-8-20(21)26/h4-5,8-11,14,22H,3,6-7,12-13,15-16H2,1-2H3/t22-/m1/s1. The molecule has 30 heavy (non-hydrogen) atoms. The molecule has 0 bridgehead atoms. The summed E-state index contributed by atoms with van der Waals surface area (Å²) < 4.78 is 6.03. The SMILES string of the molecule is Cc1ccc(SCC(=O)N2C[C@H](C(=O)N3CCCCC3)Oc3ccccc32)cc1C. The third-order valence-corrected chi connectivity index (χ3v) is 6.84. The number of benzene rings is 2.